The van der Waals surface area contributed by atoms with E-state index < -0.39 is 16.1 Å². The number of nitrogens with two attached hydrogens (primary N) is 1. The first kappa shape index (κ1) is 16.0. The molecule has 0 saturated carbocycles. The summed E-state index contributed by atoms with van der Waals surface area (Å²) in [5, 5.41) is 0.729. The molecule has 6 nitrogen and oxygen atoms in total. The zero-order valence-electron chi connectivity index (χ0n) is 11.9. The molecule has 0 saturated heterocycles. The molecule has 0 aromatic carbocycles. The van der Waals surface area contributed by atoms with Crippen LogP contribution < -0.4 is 10.5 Å². The smallest absolute Gasteiger partial charge is 0.258 e. The fourth-order valence-electron chi connectivity index (χ4n) is 1.72. The lowest BCUT2D eigenvalue weighted by molar-refractivity contribution is 0.562. The van der Waals surface area contributed by atoms with Crippen molar-refractivity contribution < 1.29 is 8.42 Å². The largest absolute Gasteiger partial charge is 0.326 e. The molecule has 0 fully saturated rings. The van der Waals surface area contributed by atoms with Crippen LogP contribution in [0.1, 0.15) is 35.3 Å². The van der Waals surface area contributed by atoms with E-state index in [1.165, 1.54) is 23.6 Å². The number of sulfonamides is 1. The summed E-state index contributed by atoms with van der Waals surface area (Å²) < 4.78 is 27.1. The second-order valence-electron chi connectivity index (χ2n) is 4.57. The highest BCUT2D eigenvalue weighted by molar-refractivity contribution is 7.89. The molecule has 21 heavy (non-hydrogen) atoms. The van der Waals surface area contributed by atoms with Crippen LogP contribution in [0, 0.1) is 0 Å². The van der Waals surface area contributed by atoms with E-state index in [0.29, 0.717) is 6.54 Å². The molecule has 1 atom stereocenters. The highest BCUT2D eigenvalue weighted by atomic mass is 32.2. The van der Waals surface area contributed by atoms with E-state index >= 15 is 0 Å². The zero-order valence-corrected chi connectivity index (χ0v) is 13.5. The molecule has 3 N–H and O–H groups in total. The molecule has 2 aromatic heterocycles. The highest BCUT2D eigenvalue weighted by Crippen LogP contribution is 2.21. The first-order valence-corrected chi connectivity index (χ1v) is 8.88. The van der Waals surface area contributed by atoms with Crippen LogP contribution in [0.15, 0.2) is 29.6 Å². The molecule has 0 radical (unpaired) electrons. The van der Waals surface area contributed by atoms with Crippen LogP contribution in [-0.4, -0.2) is 18.4 Å². The number of hydrogen-bond acceptors (Lipinski definition) is 6. The number of thiazole rings is 1. The van der Waals surface area contributed by atoms with Crippen molar-refractivity contribution in [1.82, 2.24) is 14.7 Å². The summed E-state index contributed by atoms with van der Waals surface area (Å²) in [4.78, 5) is 9.32. The molecular weight excluding hydrogens is 308 g/mol. The maximum absolute atomic E-state index is 12.3. The SMILES string of the molecule is CCc1cnc(C(C)NS(=O)(=O)c2ccc(CN)cn2)s1. The van der Waals surface area contributed by atoms with Crippen LogP contribution in [0.5, 0.6) is 0 Å². The van der Waals surface area contributed by atoms with Gasteiger partial charge in [-0.05, 0) is 25.0 Å². The third kappa shape index (κ3) is 3.85. The van der Waals surface area contributed by atoms with E-state index in [9.17, 15) is 8.42 Å². The van der Waals surface area contributed by atoms with Crippen LogP contribution in [0.4, 0.5) is 0 Å². The summed E-state index contributed by atoms with van der Waals surface area (Å²) in [7, 11) is -3.67. The lowest BCUT2D eigenvalue weighted by atomic mass is 10.3. The average molecular weight is 326 g/mol. The minimum atomic E-state index is -3.67. The quantitative estimate of drug-likeness (QED) is 0.840. The van der Waals surface area contributed by atoms with Crippen molar-refractivity contribution >= 4 is 21.4 Å². The standard InChI is InChI=1S/C13H18N4O2S2/c1-3-11-8-16-13(20-11)9(2)17-21(18,19)12-5-4-10(6-14)7-15-12/h4-5,7-9,17H,3,6,14H2,1-2H3. The van der Waals surface area contributed by atoms with E-state index in [2.05, 4.69) is 14.7 Å². The number of hydrogen-bond donors (Lipinski definition) is 2. The molecule has 2 heterocycles. The van der Waals surface area contributed by atoms with Crippen molar-refractivity contribution in [1.29, 1.82) is 0 Å². The molecule has 0 aliphatic carbocycles. The van der Waals surface area contributed by atoms with Crippen molar-refractivity contribution in [3.05, 3.63) is 40.0 Å². The van der Waals surface area contributed by atoms with Gasteiger partial charge in [0.1, 0.15) is 5.01 Å². The Morgan fingerprint density at radius 2 is 2.10 bits per heavy atom. The third-order valence-corrected chi connectivity index (χ3v) is 5.71. The third-order valence-electron chi connectivity index (χ3n) is 2.93. The van der Waals surface area contributed by atoms with Gasteiger partial charge in [-0.15, -0.1) is 11.3 Å². The van der Waals surface area contributed by atoms with Gasteiger partial charge in [0.2, 0.25) is 0 Å². The Kier molecular flexibility index (Phi) is 5.04. The maximum atomic E-state index is 12.3. The summed E-state index contributed by atoms with van der Waals surface area (Å²) in [6, 6.07) is 2.72. The Bertz CT molecular complexity index is 695. The van der Waals surface area contributed by atoms with Crippen molar-refractivity contribution in [2.24, 2.45) is 5.73 Å². The lowest BCUT2D eigenvalue weighted by Gasteiger charge is -2.11. The van der Waals surface area contributed by atoms with E-state index in [1.54, 1.807) is 19.2 Å². The van der Waals surface area contributed by atoms with E-state index in [1.807, 2.05) is 6.92 Å². The molecule has 2 rings (SSSR count). The number of nitrogens with one attached hydrogen (secondary N) is 1. The predicted octanol–water partition coefficient (Wildman–Crippen LogP) is 1.60. The summed E-state index contributed by atoms with van der Waals surface area (Å²) in [6.45, 7) is 4.13. The highest BCUT2D eigenvalue weighted by Gasteiger charge is 2.21. The van der Waals surface area contributed by atoms with E-state index in [-0.39, 0.29) is 5.03 Å². The van der Waals surface area contributed by atoms with Gasteiger partial charge in [-0.25, -0.2) is 23.1 Å². The van der Waals surface area contributed by atoms with Gasteiger partial charge in [-0.3, -0.25) is 0 Å². The van der Waals surface area contributed by atoms with Crippen LogP contribution in [-0.2, 0) is 23.0 Å². The second kappa shape index (κ2) is 6.61. The Morgan fingerprint density at radius 3 is 2.62 bits per heavy atom. The monoisotopic (exact) mass is 326 g/mol. The molecule has 0 amide bonds. The van der Waals surface area contributed by atoms with Crippen LogP contribution in [0.25, 0.3) is 0 Å². The first-order valence-electron chi connectivity index (χ1n) is 6.58. The van der Waals surface area contributed by atoms with Gasteiger partial charge in [0.05, 0.1) is 6.04 Å². The summed E-state index contributed by atoms with van der Waals surface area (Å²) >= 11 is 1.51. The second-order valence-corrected chi connectivity index (χ2v) is 7.38. The Balaban J connectivity index is 2.15. The lowest BCUT2D eigenvalue weighted by Crippen LogP contribution is -2.27. The van der Waals surface area contributed by atoms with Gasteiger partial charge >= 0.3 is 0 Å². The van der Waals surface area contributed by atoms with Crippen molar-refractivity contribution in [3.8, 4) is 0 Å². The van der Waals surface area contributed by atoms with Gasteiger partial charge < -0.3 is 5.73 Å². The van der Waals surface area contributed by atoms with E-state index in [0.717, 1.165) is 21.9 Å². The van der Waals surface area contributed by atoms with E-state index in [4.69, 9.17) is 5.73 Å². The fourth-order valence-corrected chi connectivity index (χ4v) is 3.79. The van der Waals surface area contributed by atoms with Gasteiger partial charge in [0.15, 0.2) is 5.03 Å². The minimum absolute atomic E-state index is 0.0150. The number of aromatic nitrogens is 2. The molecule has 8 heteroatoms. The minimum Gasteiger partial charge on any atom is -0.326 e. The Labute approximate surface area is 128 Å². The molecule has 0 bridgehead atoms. The molecule has 114 valence electrons. The summed E-state index contributed by atoms with van der Waals surface area (Å²) in [5.41, 5.74) is 6.26. The number of aryl methyl sites for hydroxylation is 1. The first-order chi connectivity index (χ1) is 9.96. The van der Waals surface area contributed by atoms with Gasteiger partial charge in [0, 0.05) is 23.8 Å². The Morgan fingerprint density at radius 1 is 1.33 bits per heavy atom. The van der Waals surface area contributed by atoms with Crippen molar-refractivity contribution in [2.45, 2.75) is 37.9 Å². The normalized spacial score (nSPS) is 13.3. The Hall–Kier alpha value is -1.35. The maximum Gasteiger partial charge on any atom is 0.258 e. The number of rotatable bonds is 6. The van der Waals surface area contributed by atoms with Gasteiger partial charge in [0.25, 0.3) is 10.0 Å². The fraction of sp³-hybridized carbons (Fsp3) is 0.385. The molecular formula is C13H18N4O2S2. The van der Waals surface area contributed by atoms with Crippen molar-refractivity contribution in [2.75, 3.05) is 0 Å². The molecule has 0 spiro atoms. The summed E-state index contributed by atoms with van der Waals surface area (Å²) in [6.07, 6.45) is 4.14. The number of nitrogens with zero attached hydrogens (tertiary/aromatic N) is 2. The molecule has 0 aliphatic heterocycles. The van der Waals surface area contributed by atoms with Crippen LogP contribution >= 0.6 is 11.3 Å². The van der Waals surface area contributed by atoms with Crippen molar-refractivity contribution in [3.63, 3.8) is 0 Å². The predicted molar refractivity (Wildman–Crippen MR) is 82.4 cm³/mol. The van der Waals surface area contributed by atoms with Gasteiger partial charge in [-0.2, -0.15) is 0 Å². The zero-order chi connectivity index (χ0) is 15.5. The average Bonchev–Trinajstić information content (AvgIpc) is 2.96. The summed E-state index contributed by atoms with van der Waals surface area (Å²) in [5.74, 6) is 0. The van der Waals surface area contributed by atoms with Gasteiger partial charge in [-0.1, -0.05) is 13.0 Å². The topological polar surface area (TPSA) is 98.0 Å². The van der Waals surface area contributed by atoms with Crippen LogP contribution in [0.2, 0.25) is 0 Å². The number of pyridine rings is 1. The molecule has 1 unspecified atom stereocenters. The molecule has 0 aliphatic rings. The van der Waals surface area contributed by atoms with Crippen LogP contribution in [0.3, 0.4) is 0 Å². The molecule has 2 aromatic rings.